The van der Waals surface area contributed by atoms with Gasteiger partial charge in [-0.05, 0) is 32.9 Å². The maximum atomic E-state index is 12.0. The lowest BCUT2D eigenvalue weighted by atomic mass is 10.1. The summed E-state index contributed by atoms with van der Waals surface area (Å²) >= 11 is 0. The van der Waals surface area contributed by atoms with Crippen LogP contribution in [-0.2, 0) is 0 Å². The van der Waals surface area contributed by atoms with E-state index in [0.717, 1.165) is 0 Å². The van der Waals surface area contributed by atoms with Crippen molar-refractivity contribution in [1.29, 1.82) is 0 Å². The summed E-state index contributed by atoms with van der Waals surface area (Å²) in [5, 5.41) is 16.5. The van der Waals surface area contributed by atoms with E-state index >= 15 is 0 Å². The average Bonchev–Trinajstić information content (AvgIpc) is 2.25. The molecule has 0 spiro atoms. The zero-order valence-corrected chi connectivity index (χ0v) is 10.9. The van der Waals surface area contributed by atoms with E-state index in [1.165, 1.54) is 12.1 Å². The molecule has 0 radical (unpaired) electrons. The summed E-state index contributed by atoms with van der Waals surface area (Å²) in [5.41, 5.74) is 0.0674. The number of nitrogens with one attached hydrogen (secondary N) is 2. The molecular weight excluding hydrogens is 234 g/mol. The molecule has 0 bridgehead atoms. The van der Waals surface area contributed by atoms with Gasteiger partial charge < -0.3 is 10.6 Å². The van der Waals surface area contributed by atoms with E-state index in [9.17, 15) is 14.9 Å². The number of rotatable bonds is 3. The summed E-state index contributed by atoms with van der Waals surface area (Å²) in [7, 11) is 1.69. The number of nitro groups is 1. The lowest BCUT2D eigenvalue weighted by Crippen LogP contribution is -2.40. The van der Waals surface area contributed by atoms with Crippen molar-refractivity contribution in [2.45, 2.75) is 26.3 Å². The van der Waals surface area contributed by atoms with Gasteiger partial charge in [-0.1, -0.05) is 0 Å². The van der Waals surface area contributed by atoms with Crippen molar-refractivity contribution in [3.63, 3.8) is 0 Å². The number of nitrogens with zero attached hydrogens (tertiary/aromatic N) is 1. The van der Waals surface area contributed by atoms with Crippen molar-refractivity contribution in [3.8, 4) is 0 Å². The highest BCUT2D eigenvalue weighted by atomic mass is 16.6. The second-order valence-electron chi connectivity index (χ2n) is 4.94. The zero-order valence-electron chi connectivity index (χ0n) is 10.9. The summed E-state index contributed by atoms with van der Waals surface area (Å²) in [6.45, 7) is 5.45. The monoisotopic (exact) mass is 251 g/mol. The fraction of sp³-hybridized carbons (Fsp3) is 0.417. The third-order valence-electron chi connectivity index (χ3n) is 2.22. The topological polar surface area (TPSA) is 84.3 Å². The van der Waals surface area contributed by atoms with E-state index in [0.29, 0.717) is 5.69 Å². The summed E-state index contributed by atoms with van der Waals surface area (Å²) < 4.78 is 0. The van der Waals surface area contributed by atoms with Gasteiger partial charge in [0.15, 0.2) is 0 Å². The van der Waals surface area contributed by atoms with Crippen LogP contribution in [0.3, 0.4) is 0 Å². The number of carbonyl (C=O) groups excluding carboxylic acids is 1. The Kier molecular flexibility index (Phi) is 3.90. The molecule has 0 saturated carbocycles. The van der Waals surface area contributed by atoms with Gasteiger partial charge in [0, 0.05) is 24.3 Å². The van der Waals surface area contributed by atoms with Crippen LogP contribution in [0.25, 0.3) is 0 Å². The first-order chi connectivity index (χ1) is 8.24. The molecule has 1 rings (SSSR count). The van der Waals surface area contributed by atoms with Gasteiger partial charge >= 0.3 is 0 Å². The third-order valence-corrected chi connectivity index (χ3v) is 2.22. The Labute approximate surface area is 106 Å². The average molecular weight is 251 g/mol. The van der Waals surface area contributed by atoms with Crippen molar-refractivity contribution >= 4 is 17.3 Å². The van der Waals surface area contributed by atoms with Crippen molar-refractivity contribution in [3.05, 3.63) is 33.9 Å². The van der Waals surface area contributed by atoms with Crippen LogP contribution in [0.2, 0.25) is 0 Å². The van der Waals surface area contributed by atoms with E-state index < -0.39 is 16.4 Å². The molecule has 6 heteroatoms. The van der Waals surface area contributed by atoms with Gasteiger partial charge in [-0.25, -0.2) is 0 Å². The molecule has 0 aliphatic rings. The van der Waals surface area contributed by atoms with Crippen LogP contribution in [0, 0.1) is 10.1 Å². The molecule has 18 heavy (non-hydrogen) atoms. The molecule has 6 nitrogen and oxygen atoms in total. The molecule has 0 aromatic heterocycles. The molecule has 1 aromatic carbocycles. The van der Waals surface area contributed by atoms with Crippen LogP contribution in [0.1, 0.15) is 31.1 Å². The predicted octanol–water partition coefficient (Wildman–Crippen LogP) is 2.16. The summed E-state index contributed by atoms with van der Waals surface area (Å²) in [6.07, 6.45) is 0. The standard InChI is InChI=1S/C12H17N3O3/c1-12(2,3)14-11(16)9-7-8(13-4)5-6-10(9)15(17)18/h5-7,13H,1-4H3,(H,14,16). The quantitative estimate of drug-likeness (QED) is 0.637. The molecular formula is C12H17N3O3. The van der Waals surface area contributed by atoms with Gasteiger partial charge in [0.25, 0.3) is 11.6 Å². The minimum atomic E-state index is -0.559. The molecule has 0 aliphatic heterocycles. The molecule has 0 saturated heterocycles. The van der Waals surface area contributed by atoms with E-state index in [1.807, 2.05) is 20.8 Å². The summed E-state index contributed by atoms with van der Waals surface area (Å²) in [6, 6.07) is 4.36. The lowest BCUT2D eigenvalue weighted by molar-refractivity contribution is -0.385. The van der Waals surface area contributed by atoms with Gasteiger partial charge in [0.1, 0.15) is 5.56 Å². The molecule has 2 N–H and O–H groups in total. The van der Waals surface area contributed by atoms with Crippen LogP contribution < -0.4 is 10.6 Å². The van der Waals surface area contributed by atoms with E-state index in [1.54, 1.807) is 13.1 Å². The first-order valence-electron chi connectivity index (χ1n) is 5.53. The van der Waals surface area contributed by atoms with Gasteiger partial charge in [-0.3, -0.25) is 14.9 Å². The maximum absolute atomic E-state index is 12.0. The fourth-order valence-electron chi connectivity index (χ4n) is 1.44. The van der Waals surface area contributed by atoms with Crippen LogP contribution in [0.5, 0.6) is 0 Å². The number of nitro benzene ring substituents is 1. The normalized spacial score (nSPS) is 10.9. The second-order valence-corrected chi connectivity index (χ2v) is 4.94. The lowest BCUT2D eigenvalue weighted by Gasteiger charge is -2.20. The van der Waals surface area contributed by atoms with Crippen molar-refractivity contribution in [1.82, 2.24) is 5.32 Å². The maximum Gasteiger partial charge on any atom is 0.282 e. The Bertz CT molecular complexity index is 478. The molecule has 1 amide bonds. The van der Waals surface area contributed by atoms with Crippen molar-refractivity contribution < 1.29 is 9.72 Å². The molecule has 1 aromatic rings. The van der Waals surface area contributed by atoms with Gasteiger partial charge in [-0.15, -0.1) is 0 Å². The largest absolute Gasteiger partial charge is 0.388 e. The molecule has 0 aliphatic carbocycles. The summed E-state index contributed by atoms with van der Waals surface area (Å²) in [4.78, 5) is 22.3. The Hall–Kier alpha value is -2.11. The van der Waals surface area contributed by atoms with E-state index in [4.69, 9.17) is 0 Å². The number of hydrogen-bond acceptors (Lipinski definition) is 4. The zero-order chi connectivity index (χ0) is 13.9. The highest BCUT2D eigenvalue weighted by Gasteiger charge is 2.23. The van der Waals surface area contributed by atoms with Crippen LogP contribution in [0.15, 0.2) is 18.2 Å². The van der Waals surface area contributed by atoms with Crippen LogP contribution in [0.4, 0.5) is 11.4 Å². The van der Waals surface area contributed by atoms with Gasteiger partial charge in [-0.2, -0.15) is 0 Å². The number of benzene rings is 1. The molecule has 0 atom stereocenters. The highest BCUT2D eigenvalue weighted by molar-refractivity contribution is 5.99. The van der Waals surface area contributed by atoms with Gasteiger partial charge in [0.2, 0.25) is 0 Å². The SMILES string of the molecule is CNc1ccc([N+](=O)[O-])c(C(=O)NC(C)(C)C)c1. The van der Waals surface area contributed by atoms with Gasteiger partial charge in [0.05, 0.1) is 4.92 Å². The Morgan fingerprint density at radius 1 is 1.33 bits per heavy atom. The molecule has 0 fully saturated rings. The van der Waals surface area contributed by atoms with E-state index in [-0.39, 0.29) is 11.3 Å². The van der Waals surface area contributed by atoms with Crippen LogP contribution >= 0.6 is 0 Å². The first-order valence-corrected chi connectivity index (χ1v) is 5.53. The number of carbonyl (C=O) groups is 1. The van der Waals surface area contributed by atoms with Crippen LogP contribution in [-0.4, -0.2) is 23.4 Å². The van der Waals surface area contributed by atoms with Crippen molar-refractivity contribution in [2.24, 2.45) is 0 Å². The minimum absolute atomic E-state index is 0.0572. The Balaban J connectivity index is 3.19. The Morgan fingerprint density at radius 3 is 2.39 bits per heavy atom. The second kappa shape index (κ2) is 5.03. The fourth-order valence-corrected chi connectivity index (χ4v) is 1.44. The van der Waals surface area contributed by atoms with E-state index in [2.05, 4.69) is 10.6 Å². The number of anilines is 1. The van der Waals surface area contributed by atoms with Crippen molar-refractivity contribution in [2.75, 3.05) is 12.4 Å². The smallest absolute Gasteiger partial charge is 0.282 e. The number of hydrogen-bond donors (Lipinski definition) is 2. The minimum Gasteiger partial charge on any atom is -0.388 e. The Morgan fingerprint density at radius 2 is 1.94 bits per heavy atom. The number of amides is 1. The third kappa shape index (κ3) is 3.44. The molecule has 0 unspecified atom stereocenters. The predicted molar refractivity (Wildman–Crippen MR) is 69.9 cm³/mol. The highest BCUT2D eigenvalue weighted by Crippen LogP contribution is 2.23. The first kappa shape index (κ1) is 14.0. The summed E-state index contributed by atoms with van der Waals surface area (Å²) in [5.74, 6) is -0.453. The molecule has 98 valence electrons. The molecule has 0 heterocycles.